The van der Waals surface area contributed by atoms with Crippen molar-refractivity contribution in [2.24, 2.45) is 17.6 Å². The summed E-state index contributed by atoms with van der Waals surface area (Å²) in [6.45, 7) is 9.18. The molecule has 19 heavy (non-hydrogen) atoms. The molecule has 1 aliphatic heterocycles. The van der Waals surface area contributed by atoms with E-state index in [4.69, 9.17) is 5.73 Å². The van der Waals surface area contributed by atoms with Crippen LogP contribution in [0.1, 0.15) is 46.0 Å². The van der Waals surface area contributed by atoms with E-state index >= 15 is 0 Å². The fourth-order valence-electron chi connectivity index (χ4n) is 4.02. The molecule has 1 saturated heterocycles. The smallest absolute Gasteiger partial charge is 0.0349 e. The molecule has 0 radical (unpaired) electrons. The average Bonchev–Trinajstić information content (AvgIpc) is 2.64. The zero-order chi connectivity index (χ0) is 13.8. The van der Waals surface area contributed by atoms with Gasteiger partial charge in [-0.1, -0.05) is 26.7 Å². The van der Waals surface area contributed by atoms with Crippen LogP contribution in [0.4, 0.5) is 0 Å². The molecule has 2 N–H and O–H groups in total. The summed E-state index contributed by atoms with van der Waals surface area (Å²) < 4.78 is 0. The quantitative estimate of drug-likeness (QED) is 0.796. The molecule has 0 aromatic carbocycles. The maximum absolute atomic E-state index is 6.01. The van der Waals surface area contributed by atoms with Crippen molar-refractivity contribution in [1.82, 2.24) is 9.80 Å². The van der Waals surface area contributed by atoms with Gasteiger partial charge >= 0.3 is 0 Å². The van der Waals surface area contributed by atoms with Crippen LogP contribution in [0.2, 0.25) is 0 Å². The number of nitrogens with two attached hydrogens (primary N) is 1. The molecule has 2 aliphatic rings. The standard InChI is InChI=1S/C16H33N3/c1-13(2)14-5-4-6-15(8-7-14)19-10-9-18(3)12-16(19)11-17/h13-16H,4-12,17H2,1-3H3. The van der Waals surface area contributed by atoms with Crippen molar-refractivity contribution in [1.29, 1.82) is 0 Å². The summed E-state index contributed by atoms with van der Waals surface area (Å²) in [6, 6.07) is 1.38. The fourth-order valence-corrected chi connectivity index (χ4v) is 4.02. The largest absolute Gasteiger partial charge is 0.329 e. The molecule has 3 heteroatoms. The summed E-state index contributed by atoms with van der Waals surface area (Å²) in [5, 5.41) is 0. The second-order valence-electron chi connectivity index (χ2n) is 7.06. The molecule has 1 heterocycles. The lowest BCUT2D eigenvalue weighted by molar-refractivity contribution is 0.0493. The zero-order valence-corrected chi connectivity index (χ0v) is 13.1. The van der Waals surface area contributed by atoms with Gasteiger partial charge in [-0.05, 0) is 38.1 Å². The van der Waals surface area contributed by atoms with E-state index in [9.17, 15) is 0 Å². The molecule has 112 valence electrons. The summed E-state index contributed by atoms with van der Waals surface area (Å²) in [5.74, 6) is 1.81. The zero-order valence-electron chi connectivity index (χ0n) is 13.1. The van der Waals surface area contributed by atoms with Crippen LogP contribution >= 0.6 is 0 Å². The first kappa shape index (κ1) is 15.3. The predicted octanol–water partition coefficient (Wildman–Crippen LogP) is 2.17. The summed E-state index contributed by atoms with van der Waals surface area (Å²) in [4.78, 5) is 5.17. The Morgan fingerprint density at radius 1 is 1.11 bits per heavy atom. The second-order valence-corrected chi connectivity index (χ2v) is 7.06. The molecular formula is C16H33N3. The fraction of sp³-hybridized carbons (Fsp3) is 1.00. The highest BCUT2D eigenvalue weighted by Crippen LogP contribution is 2.31. The third-order valence-corrected chi connectivity index (χ3v) is 5.40. The lowest BCUT2D eigenvalue weighted by Crippen LogP contribution is -2.58. The number of likely N-dealkylation sites (N-methyl/N-ethyl adjacent to an activating group) is 1. The summed E-state index contributed by atoms with van der Waals surface area (Å²) in [6.07, 6.45) is 7.06. The molecule has 0 aromatic heterocycles. The number of nitrogens with zero attached hydrogens (tertiary/aromatic N) is 2. The normalized spacial score (nSPS) is 35.5. The first-order valence-corrected chi connectivity index (χ1v) is 8.26. The van der Waals surface area contributed by atoms with Crippen molar-refractivity contribution in [2.75, 3.05) is 33.2 Å². The number of piperazine rings is 1. The third-order valence-electron chi connectivity index (χ3n) is 5.40. The van der Waals surface area contributed by atoms with Gasteiger partial charge in [0.2, 0.25) is 0 Å². The monoisotopic (exact) mass is 267 g/mol. The SMILES string of the molecule is CC(C)C1CCCC(N2CCN(C)CC2CN)CC1. The first-order chi connectivity index (χ1) is 9.11. The van der Waals surface area contributed by atoms with E-state index in [1.54, 1.807) is 0 Å². The van der Waals surface area contributed by atoms with Gasteiger partial charge in [-0.2, -0.15) is 0 Å². The van der Waals surface area contributed by atoms with Crippen molar-refractivity contribution in [3.05, 3.63) is 0 Å². The topological polar surface area (TPSA) is 32.5 Å². The van der Waals surface area contributed by atoms with Gasteiger partial charge in [0.05, 0.1) is 0 Å². The highest BCUT2D eigenvalue weighted by Gasteiger charge is 2.31. The van der Waals surface area contributed by atoms with Crippen molar-refractivity contribution in [2.45, 2.75) is 58.0 Å². The van der Waals surface area contributed by atoms with E-state index < -0.39 is 0 Å². The Kier molecular flexibility index (Phi) is 5.67. The summed E-state index contributed by atoms with van der Waals surface area (Å²) in [7, 11) is 2.22. The van der Waals surface area contributed by atoms with Gasteiger partial charge in [0.25, 0.3) is 0 Å². The highest BCUT2D eigenvalue weighted by atomic mass is 15.3. The Morgan fingerprint density at radius 2 is 1.89 bits per heavy atom. The molecule has 3 nitrogen and oxygen atoms in total. The van der Waals surface area contributed by atoms with E-state index in [0.717, 1.165) is 31.0 Å². The van der Waals surface area contributed by atoms with Crippen LogP contribution in [0, 0.1) is 11.8 Å². The summed E-state index contributed by atoms with van der Waals surface area (Å²) in [5.41, 5.74) is 6.01. The highest BCUT2D eigenvalue weighted by molar-refractivity contribution is 4.88. The van der Waals surface area contributed by atoms with E-state index in [2.05, 4.69) is 30.7 Å². The van der Waals surface area contributed by atoms with Crippen LogP contribution in [-0.2, 0) is 0 Å². The molecular weight excluding hydrogens is 234 g/mol. The van der Waals surface area contributed by atoms with Gasteiger partial charge in [-0.3, -0.25) is 4.90 Å². The molecule has 0 aromatic rings. The van der Waals surface area contributed by atoms with Gasteiger partial charge in [-0.25, -0.2) is 0 Å². The molecule has 0 bridgehead atoms. The Balaban J connectivity index is 1.93. The van der Waals surface area contributed by atoms with Crippen LogP contribution < -0.4 is 5.73 Å². The van der Waals surface area contributed by atoms with Gasteiger partial charge in [-0.15, -0.1) is 0 Å². The number of hydrogen-bond donors (Lipinski definition) is 1. The number of hydrogen-bond acceptors (Lipinski definition) is 3. The second kappa shape index (κ2) is 7.05. The minimum atomic E-state index is 0.583. The number of rotatable bonds is 3. The van der Waals surface area contributed by atoms with Crippen molar-refractivity contribution >= 4 is 0 Å². The lowest BCUT2D eigenvalue weighted by Gasteiger charge is -2.44. The maximum Gasteiger partial charge on any atom is 0.0349 e. The Labute approximate surface area is 119 Å². The molecule has 0 amide bonds. The summed E-state index contributed by atoms with van der Waals surface area (Å²) >= 11 is 0. The van der Waals surface area contributed by atoms with E-state index in [1.807, 2.05) is 0 Å². The van der Waals surface area contributed by atoms with Gasteiger partial charge in [0, 0.05) is 38.3 Å². The van der Waals surface area contributed by atoms with Crippen molar-refractivity contribution in [3.8, 4) is 0 Å². The van der Waals surface area contributed by atoms with Gasteiger partial charge in [0.1, 0.15) is 0 Å². The molecule has 2 fully saturated rings. The van der Waals surface area contributed by atoms with Crippen LogP contribution in [0.5, 0.6) is 0 Å². The lowest BCUT2D eigenvalue weighted by atomic mass is 9.89. The minimum absolute atomic E-state index is 0.583. The molecule has 3 atom stereocenters. The Bertz CT molecular complexity index is 267. The van der Waals surface area contributed by atoms with E-state index in [1.165, 1.54) is 45.2 Å². The van der Waals surface area contributed by atoms with Crippen molar-refractivity contribution in [3.63, 3.8) is 0 Å². The van der Waals surface area contributed by atoms with Crippen LogP contribution in [-0.4, -0.2) is 55.1 Å². The minimum Gasteiger partial charge on any atom is -0.329 e. The van der Waals surface area contributed by atoms with Crippen LogP contribution in [0.15, 0.2) is 0 Å². The predicted molar refractivity (Wildman–Crippen MR) is 82.2 cm³/mol. The Morgan fingerprint density at radius 3 is 2.58 bits per heavy atom. The molecule has 0 spiro atoms. The molecule has 3 unspecified atom stereocenters. The maximum atomic E-state index is 6.01. The van der Waals surface area contributed by atoms with Gasteiger partial charge in [0.15, 0.2) is 0 Å². The average molecular weight is 267 g/mol. The van der Waals surface area contributed by atoms with Crippen molar-refractivity contribution < 1.29 is 0 Å². The molecule has 1 saturated carbocycles. The third kappa shape index (κ3) is 3.93. The van der Waals surface area contributed by atoms with Crippen LogP contribution in [0.3, 0.4) is 0 Å². The van der Waals surface area contributed by atoms with E-state index in [0.29, 0.717) is 6.04 Å². The van der Waals surface area contributed by atoms with Crippen LogP contribution in [0.25, 0.3) is 0 Å². The first-order valence-electron chi connectivity index (χ1n) is 8.26. The molecule has 1 aliphatic carbocycles. The van der Waals surface area contributed by atoms with E-state index in [-0.39, 0.29) is 0 Å². The molecule has 2 rings (SSSR count). The van der Waals surface area contributed by atoms with Gasteiger partial charge < -0.3 is 10.6 Å². The Hall–Kier alpha value is -0.120.